The van der Waals surface area contributed by atoms with Crippen molar-refractivity contribution in [2.45, 2.75) is 13.0 Å². The average molecular weight is 302 g/mol. The Morgan fingerprint density at radius 1 is 1.14 bits per heavy atom. The highest BCUT2D eigenvalue weighted by atomic mass is 35.5. The summed E-state index contributed by atoms with van der Waals surface area (Å²) in [7, 11) is 1.63. The second kappa shape index (κ2) is 7.60. The molecule has 0 radical (unpaired) electrons. The van der Waals surface area contributed by atoms with Crippen LogP contribution in [0, 0.1) is 0 Å². The number of aliphatic imine (C=N–C) groups is 1. The zero-order chi connectivity index (χ0) is 15.1. The van der Waals surface area contributed by atoms with Crippen molar-refractivity contribution in [3.8, 4) is 5.75 Å². The number of ether oxygens (including phenoxy) is 1. The topological polar surface area (TPSA) is 38.7 Å². The van der Waals surface area contributed by atoms with Crippen LogP contribution in [0.1, 0.15) is 22.3 Å². The minimum Gasteiger partial charge on any atom is -0.497 e. The van der Waals surface area contributed by atoms with E-state index in [4.69, 9.17) is 16.3 Å². The van der Waals surface area contributed by atoms with E-state index in [1.165, 1.54) is 0 Å². The molecule has 0 spiro atoms. The van der Waals surface area contributed by atoms with Crippen molar-refractivity contribution in [3.63, 3.8) is 0 Å². The molecule has 0 amide bonds. The molecule has 2 rings (SSSR count). The second-order valence-electron chi connectivity index (χ2n) is 4.51. The molecule has 3 nitrogen and oxygen atoms in total. The molecule has 0 unspecified atom stereocenters. The van der Waals surface area contributed by atoms with Crippen LogP contribution in [0.15, 0.2) is 53.5 Å². The van der Waals surface area contributed by atoms with E-state index in [0.29, 0.717) is 17.1 Å². The molecule has 21 heavy (non-hydrogen) atoms. The standard InChI is InChI=1S/C17H16ClNO2/c1-21-16-8-2-13(3-9-16)12-19-11-10-17(20)14-4-6-15(18)7-5-14/h2-9,11H,10,12H2,1H3. The van der Waals surface area contributed by atoms with Crippen molar-refractivity contribution in [2.24, 2.45) is 4.99 Å². The number of Topliss-reactive ketones (excluding diaryl/α,β-unsaturated/α-hetero) is 1. The molecule has 0 atom stereocenters. The van der Waals surface area contributed by atoms with E-state index in [1.54, 1.807) is 37.6 Å². The Morgan fingerprint density at radius 2 is 1.81 bits per heavy atom. The molecular formula is C17H16ClNO2. The Morgan fingerprint density at radius 3 is 2.43 bits per heavy atom. The number of carbonyl (C=O) groups excluding carboxylic acids is 1. The van der Waals surface area contributed by atoms with Gasteiger partial charge in [-0.25, -0.2) is 0 Å². The molecule has 0 heterocycles. The summed E-state index contributed by atoms with van der Waals surface area (Å²) in [5.41, 5.74) is 1.72. The van der Waals surface area contributed by atoms with Gasteiger partial charge in [0.2, 0.25) is 0 Å². The lowest BCUT2D eigenvalue weighted by Crippen LogP contribution is -1.99. The smallest absolute Gasteiger partial charge is 0.168 e. The lowest BCUT2D eigenvalue weighted by Gasteiger charge is -2.00. The molecule has 2 aromatic rings. The summed E-state index contributed by atoms with van der Waals surface area (Å²) in [6.45, 7) is 0.553. The van der Waals surface area contributed by atoms with Crippen LogP contribution >= 0.6 is 11.6 Å². The van der Waals surface area contributed by atoms with E-state index < -0.39 is 0 Å². The first-order valence-electron chi connectivity index (χ1n) is 6.59. The minimum absolute atomic E-state index is 0.0325. The number of ketones is 1. The predicted molar refractivity (Wildman–Crippen MR) is 85.6 cm³/mol. The largest absolute Gasteiger partial charge is 0.497 e. The van der Waals surface area contributed by atoms with Crippen molar-refractivity contribution in [2.75, 3.05) is 7.11 Å². The minimum atomic E-state index is 0.0325. The van der Waals surface area contributed by atoms with E-state index in [2.05, 4.69) is 4.99 Å². The third-order valence-electron chi connectivity index (χ3n) is 3.00. The summed E-state index contributed by atoms with van der Waals surface area (Å²) < 4.78 is 5.09. The van der Waals surface area contributed by atoms with Crippen LogP contribution in [0.2, 0.25) is 5.02 Å². The van der Waals surface area contributed by atoms with Crippen molar-refractivity contribution >= 4 is 23.6 Å². The van der Waals surface area contributed by atoms with Gasteiger partial charge >= 0.3 is 0 Å². The first kappa shape index (κ1) is 15.3. The summed E-state index contributed by atoms with van der Waals surface area (Å²) in [6.07, 6.45) is 1.94. The van der Waals surface area contributed by atoms with Crippen LogP contribution < -0.4 is 4.74 Å². The maximum Gasteiger partial charge on any atom is 0.168 e. The molecule has 0 fully saturated rings. The molecule has 0 N–H and O–H groups in total. The summed E-state index contributed by atoms with van der Waals surface area (Å²) in [4.78, 5) is 16.2. The van der Waals surface area contributed by atoms with Crippen LogP contribution in [-0.4, -0.2) is 19.1 Å². The fourth-order valence-corrected chi connectivity index (χ4v) is 1.93. The molecule has 108 valence electrons. The molecule has 0 aromatic heterocycles. The molecule has 0 bridgehead atoms. The summed E-state index contributed by atoms with van der Waals surface area (Å²) in [6, 6.07) is 14.6. The van der Waals surface area contributed by atoms with E-state index in [-0.39, 0.29) is 12.2 Å². The lowest BCUT2D eigenvalue weighted by atomic mass is 10.1. The van der Waals surface area contributed by atoms with Gasteiger partial charge in [0.05, 0.1) is 13.7 Å². The lowest BCUT2D eigenvalue weighted by molar-refractivity contribution is 0.100. The monoisotopic (exact) mass is 301 g/mol. The van der Waals surface area contributed by atoms with E-state index in [1.807, 2.05) is 24.3 Å². The molecule has 0 aliphatic heterocycles. The Balaban J connectivity index is 1.84. The Hall–Kier alpha value is -2.13. The van der Waals surface area contributed by atoms with Crippen molar-refractivity contribution in [1.82, 2.24) is 0 Å². The number of halogens is 1. The van der Waals surface area contributed by atoms with Gasteiger partial charge in [-0.15, -0.1) is 0 Å². The van der Waals surface area contributed by atoms with Crippen molar-refractivity contribution in [1.29, 1.82) is 0 Å². The zero-order valence-electron chi connectivity index (χ0n) is 11.8. The maximum atomic E-state index is 11.9. The van der Waals surface area contributed by atoms with Crippen molar-refractivity contribution < 1.29 is 9.53 Å². The van der Waals surface area contributed by atoms with Crippen LogP contribution in [0.4, 0.5) is 0 Å². The van der Waals surface area contributed by atoms with Gasteiger partial charge in [0, 0.05) is 23.2 Å². The van der Waals surface area contributed by atoms with Gasteiger partial charge in [-0.3, -0.25) is 9.79 Å². The van der Waals surface area contributed by atoms with Crippen LogP contribution in [-0.2, 0) is 6.54 Å². The number of methoxy groups -OCH3 is 1. The normalized spacial score (nSPS) is 10.8. The number of hydrogen-bond donors (Lipinski definition) is 0. The molecule has 0 saturated carbocycles. The SMILES string of the molecule is COc1ccc(CN=CCC(=O)c2ccc(Cl)cc2)cc1. The maximum absolute atomic E-state index is 11.9. The summed E-state index contributed by atoms with van der Waals surface area (Å²) in [5, 5.41) is 0.625. The Kier molecular flexibility index (Phi) is 5.52. The highest BCUT2D eigenvalue weighted by molar-refractivity contribution is 6.30. The fourth-order valence-electron chi connectivity index (χ4n) is 1.80. The summed E-state index contributed by atoms with van der Waals surface area (Å²) in [5.74, 6) is 0.853. The molecule has 0 aliphatic rings. The third kappa shape index (κ3) is 4.72. The van der Waals surface area contributed by atoms with Gasteiger partial charge in [0.25, 0.3) is 0 Å². The van der Waals surface area contributed by atoms with E-state index >= 15 is 0 Å². The number of carbonyl (C=O) groups is 1. The van der Waals surface area contributed by atoms with Gasteiger partial charge in [-0.2, -0.15) is 0 Å². The van der Waals surface area contributed by atoms with Gasteiger partial charge in [0.15, 0.2) is 5.78 Å². The van der Waals surface area contributed by atoms with Crippen LogP contribution in [0.3, 0.4) is 0 Å². The molecule has 0 aliphatic carbocycles. The Labute approximate surface area is 129 Å². The number of nitrogens with zero attached hydrogens (tertiary/aromatic N) is 1. The molecule has 0 saturated heterocycles. The van der Waals surface area contributed by atoms with Gasteiger partial charge < -0.3 is 4.74 Å². The third-order valence-corrected chi connectivity index (χ3v) is 3.26. The van der Waals surface area contributed by atoms with E-state index in [9.17, 15) is 4.79 Å². The Bertz CT molecular complexity index is 618. The molecule has 2 aromatic carbocycles. The predicted octanol–water partition coefficient (Wildman–Crippen LogP) is 4.19. The van der Waals surface area contributed by atoms with Gasteiger partial charge in [0.1, 0.15) is 5.75 Å². The fraction of sp³-hybridized carbons (Fsp3) is 0.176. The second-order valence-corrected chi connectivity index (χ2v) is 4.94. The zero-order valence-corrected chi connectivity index (χ0v) is 12.5. The van der Waals surface area contributed by atoms with Crippen LogP contribution in [0.25, 0.3) is 0 Å². The number of hydrogen-bond acceptors (Lipinski definition) is 3. The number of benzene rings is 2. The quantitative estimate of drug-likeness (QED) is 0.592. The molecule has 4 heteroatoms. The highest BCUT2D eigenvalue weighted by Gasteiger charge is 2.03. The highest BCUT2D eigenvalue weighted by Crippen LogP contribution is 2.12. The van der Waals surface area contributed by atoms with Crippen LogP contribution in [0.5, 0.6) is 5.75 Å². The molecular weight excluding hydrogens is 286 g/mol. The number of rotatable bonds is 6. The first-order valence-corrected chi connectivity index (χ1v) is 6.97. The first-order chi connectivity index (χ1) is 10.2. The van der Waals surface area contributed by atoms with E-state index in [0.717, 1.165) is 11.3 Å². The van der Waals surface area contributed by atoms with Gasteiger partial charge in [-0.05, 0) is 42.0 Å². The van der Waals surface area contributed by atoms with Gasteiger partial charge in [-0.1, -0.05) is 23.7 Å². The summed E-state index contributed by atoms with van der Waals surface area (Å²) >= 11 is 5.79. The van der Waals surface area contributed by atoms with Crippen molar-refractivity contribution in [3.05, 3.63) is 64.7 Å². The average Bonchev–Trinajstić information content (AvgIpc) is 2.52.